The molecule has 0 saturated carbocycles. The number of halogens is 3. The average Bonchev–Trinajstić information content (AvgIpc) is 2.64. The minimum absolute atomic E-state index is 0.0688. The van der Waals surface area contributed by atoms with Crippen molar-refractivity contribution in [2.24, 2.45) is 0 Å². The molecule has 1 aliphatic heterocycles. The first-order valence-electron chi connectivity index (χ1n) is 4.32. The van der Waals surface area contributed by atoms with Crippen LogP contribution in [0.2, 0.25) is 0 Å². The summed E-state index contributed by atoms with van der Waals surface area (Å²) in [5.41, 5.74) is -5.43. The zero-order valence-electron chi connectivity index (χ0n) is 8.11. The smallest absolute Gasteiger partial charge is 0.488 e. The van der Waals surface area contributed by atoms with Gasteiger partial charge in [0.05, 0.1) is 5.30 Å². The summed E-state index contributed by atoms with van der Waals surface area (Å²) in [6, 6.07) is 4.09. The Morgan fingerprint density at radius 1 is 1.35 bits per heavy atom. The van der Waals surface area contributed by atoms with Crippen LogP contribution < -0.4 is 14.2 Å². The van der Waals surface area contributed by atoms with Gasteiger partial charge in [0.15, 0.2) is 5.75 Å². The molecule has 0 amide bonds. The summed E-state index contributed by atoms with van der Waals surface area (Å²) < 4.78 is 67.2. The number of rotatable bonds is 2. The lowest BCUT2D eigenvalue weighted by atomic mass is 10.3. The molecule has 0 aliphatic carbocycles. The van der Waals surface area contributed by atoms with E-state index in [1.54, 1.807) is 6.07 Å². The first-order chi connectivity index (χ1) is 7.81. The average molecular weight is 286 g/mol. The molecule has 0 fully saturated rings. The summed E-state index contributed by atoms with van der Waals surface area (Å²) in [7, 11) is -5.55. The fraction of sp³-hybridized carbons (Fsp3) is 0.250. The van der Waals surface area contributed by atoms with Gasteiger partial charge >= 0.3 is 15.6 Å². The van der Waals surface area contributed by atoms with Gasteiger partial charge in [-0.2, -0.15) is 21.6 Å². The fourth-order valence-electron chi connectivity index (χ4n) is 1.23. The maximum absolute atomic E-state index is 12.1. The molecule has 1 unspecified atom stereocenters. The van der Waals surface area contributed by atoms with Crippen molar-refractivity contribution in [3.05, 3.63) is 18.2 Å². The summed E-state index contributed by atoms with van der Waals surface area (Å²) in [6.45, 7) is 0. The summed E-state index contributed by atoms with van der Waals surface area (Å²) >= 11 is 0. The highest BCUT2D eigenvalue weighted by Gasteiger charge is 2.49. The second kappa shape index (κ2) is 4.03. The molecule has 2 rings (SSSR count). The fourth-order valence-corrected chi connectivity index (χ4v) is 2.78. The van der Waals surface area contributed by atoms with Gasteiger partial charge in [-0.1, -0.05) is 6.07 Å². The summed E-state index contributed by atoms with van der Waals surface area (Å²) in [5, 5.41) is 0.361. The van der Waals surface area contributed by atoms with Crippen LogP contribution in [0.25, 0.3) is 0 Å². The van der Waals surface area contributed by atoms with E-state index in [9.17, 15) is 21.6 Å². The van der Waals surface area contributed by atoms with Crippen LogP contribution in [-0.4, -0.2) is 20.3 Å². The molecule has 0 spiro atoms. The Kier molecular flexibility index (Phi) is 2.95. The van der Waals surface area contributed by atoms with Crippen molar-refractivity contribution in [3.63, 3.8) is 0 Å². The van der Waals surface area contributed by atoms with Crippen LogP contribution in [0.1, 0.15) is 0 Å². The van der Waals surface area contributed by atoms with E-state index >= 15 is 0 Å². The van der Waals surface area contributed by atoms with E-state index in [0.717, 1.165) is 0 Å². The Labute approximate surface area is 96.6 Å². The van der Waals surface area contributed by atoms with Crippen molar-refractivity contribution in [3.8, 4) is 11.5 Å². The molecule has 0 aromatic heterocycles. The van der Waals surface area contributed by atoms with Gasteiger partial charge in [0.1, 0.15) is 12.1 Å². The summed E-state index contributed by atoms with van der Waals surface area (Å²) in [6.07, 6.45) is 0.321. The standard InChI is InChI=1S/C8H6F3O4PS/c9-8(10,11)17(12,13)15-6-3-1-2-5-7(6)16-4-14-5/h1-3,16H,4H2. The molecule has 0 N–H and O–H groups in total. The van der Waals surface area contributed by atoms with Crippen molar-refractivity contribution >= 4 is 24.0 Å². The molecule has 9 heteroatoms. The lowest BCUT2D eigenvalue weighted by molar-refractivity contribution is -0.0499. The summed E-state index contributed by atoms with van der Waals surface area (Å²) in [5.74, 6) is 0.0360. The number of ether oxygens (including phenoxy) is 1. The van der Waals surface area contributed by atoms with Crippen LogP contribution in [0, 0.1) is 0 Å². The quantitative estimate of drug-likeness (QED) is 0.470. The molecular formula is C8H6F3O4PS. The van der Waals surface area contributed by atoms with Gasteiger partial charge < -0.3 is 8.92 Å². The van der Waals surface area contributed by atoms with Gasteiger partial charge in [0, 0.05) is 0 Å². The van der Waals surface area contributed by atoms with Gasteiger partial charge in [0.25, 0.3) is 0 Å². The van der Waals surface area contributed by atoms with Crippen molar-refractivity contribution in [2.75, 3.05) is 6.35 Å². The highest BCUT2D eigenvalue weighted by molar-refractivity contribution is 7.88. The highest BCUT2D eigenvalue weighted by Crippen LogP contribution is 2.35. The topological polar surface area (TPSA) is 52.6 Å². The van der Waals surface area contributed by atoms with E-state index in [4.69, 9.17) is 4.74 Å². The molecule has 17 heavy (non-hydrogen) atoms. The van der Waals surface area contributed by atoms with Gasteiger partial charge in [-0.05, 0) is 20.7 Å². The Bertz CT molecular complexity index is 540. The van der Waals surface area contributed by atoms with Gasteiger partial charge in [0.2, 0.25) is 0 Å². The molecule has 0 radical (unpaired) electrons. The van der Waals surface area contributed by atoms with Gasteiger partial charge in [-0.25, -0.2) is 0 Å². The Morgan fingerprint density at radius 2 is 2.06 bits per heavy atom. The molecule has 1 heterocycles. The maximum Gasteiger partial charge on any atom is 0.534 e. The van der Waals surface area contributed by atoms with E-state index in [-0.39, 0.29) is 14.3 Å². The van der Waals surface area contributed by atoms with Crippen LogP contribution >= 0.6 is 8.58 Å². The molecule has 4 nitrogen and oxygen atoms in total. The second-order valence-corrected chi connectivity index (χ2v) is 5.76. The number of alkyl halides is 3. The monoisotopic (exact) mass is 286 g/mol. The molecular weight excluding hydrogens is 280 g/mol. The minimum atomic E-state index is -5.62. The van der Waals surface area contributed by atoms with E-state index in [1.165, 1.54) is 12.1 Å². The largest absolute Gasteiger partial charge is 0.534 e. The van der Waals surface area contributed by atoms with E-state index in [2.05, 4.69) is 4.18 Å². The van der Waals surface area contributed by atoms with Crippen LogP contribution in [0.4, 0.5) is 13.2 Å². The molecule has 1 aromatic carbocycles. The number of hydrogen-bond acceptors (Lipinski definition) is 4. The molecule has 94 valence electrons. The molecule has 1 aromatic rings. The van der Waals surface area contributed by atoms with E-state index < -0.39 is 15.6 Å². The van der Waals surface area contributed by atoms with Crippen molar-refractivity contribution in [1.29, 1.82) is 0 Å². The number of benzene rings is 1. The molecule has 1 atom stereocenters. The Morgan fingerprint density at radius 3 is 2.71 bits per heavy atom. The minimum Gasteiger partial charge on any atom is -0.488 e. The predicted molar refractivity (Wildman–Crippen MR) is 55.5 cm³/mol. The van der Waals surface area contributed by atoms with Crippen LogP contribution in [0.15, 0.2) is 18.2 Å². The van der Waals surface area contributed by atoms with E-state index in [1.807, 2.05) is 0 Å². The Hall–Kier alpha value is -1.01. The number of hydrogen-bond donors (Lipinski definition) is 0. The SMILES string of the molecule is O=S(=O)(Oc1cccc2c1PCO2)C(F)(F)F. The molecule has 0 bridgehead atoms. The second-order valence-electron chi connectivity index (χ2n) is 3.08. The molecule has 0 saturated heterocycles. The van der Waals surface area contributed by atoms with Gasteiger partial charge in [-0.3, -0.25) is 0 Å². The maximum atomic E-state index is 12.1. The first-order valence-corrected chi connectivity index (χ1v) is 6.93. The van der Waals surface area contributed by atoms with Crippen LogP contribution in [0.5, 0.6) is 11.5 Å². The van der Waals surface area contributed by atoms with Gasteiger partial charge in [-0.15, -0.1) is 0 Å². The van der Waals surface area contributed by atoms with Crippen molar-refractivity contribution in [1.82, 2.24) is 0 Å². The predicted octanol–water partition coefficient (Wildman–Crippen LogP) is 1.57. The highest BCUT2D eigenvalue weighted by atomic mass is 32.2. The zero-order valence-corrected chi connectivity index (χ0v) is 9.93. The first kappa shape index (κ1) is 12.4. The molecule has 1 aliphatic rings. The number of fused-ring (bicyclic) bond motifs is 1. The third kappa shape index (κ3) is 2.32. The third-order valence-electron chi connectivity index (χ3n) is 1.95. The normalized spacial score (nSPS) is 16.6. The van der Waals surface area contributed by atoms with Crippen LogP contribution in [0.3, 0.4) is 0 Å². The lowest BCUT2D eigenvalue weighted by Gasteiger charge is -2.11. The lowest BCUT2D eigenvalue weighted by Crippen LogP contribution is -2.29. The van der Waals surface area contributed by atoms with Crippen molar-refractivity contribution in [2.45, 2.75) is 5.51 Å². The van der Waals surface area contributed by atoms with Crippen LogP contribution in [-0.2, 0) is 10.1 Å². The Balaban J connectivity index is 2.36. The van der Waals surface area contributed by atoms with Crippen molar-refractivity contribution < 1.29 is 30.5 Å². The third-order valence-corrected chi connectivity index (χ3v) is 4.05. The summed E-state index contributed by atoms with van der Waals surface area (Å²) in [4.78, 5) is 0. The zero-order chi connectivity index (χ0) is 12.7. The van der Waals surface area contributed by atoms with E-state index in [0.29, 0.717) is 17.4 Å².